The number of morpholine rings is 1. The van der Waals surface area contributed by atoms with Gasteiger partial charge in [-0.2, -0.15) is 0 Å². The molecule has 2 heterocycles. The van der Waals surface area contributed by atoms with Crippen molar-refractivity contribution >= 4 is 33.4 Å². The molecular weight excluding hydrogens is 444 g/mol. The first-order chi connectivity index (χ1) is 13.6. The van der Waals surface area contributed by atoms with E-state index in [1.54, 1.807) is 12.1 Å². The number of oxazole rings is 1. The van der Waals surface area contributed by atoms with E-state index in [9.17, 15) is 4.79 Å². The molecule has 4 rings (SSSR count). The van der Waals surface area contributed by atoms with Gasteiger partial charge in [0.1, 0.15) is 12.4 Å². The van der Waals surface area contributed by atoms with Crippen LogP contribution in [0.15, 0.2) is 63.7 Å². The highest BCUT2D eigenvalue weighted by Gasteiger charge is 2.26. The van der Waals surface area contributed by atoms with Crippen molar-refractivity contribution in [2.24, 2.45) is 0 Å². The Labute approximate surface area is 176 Å². The maximum absolute atomic E-state index is 12.8. The second-order valence-corrected chi connectivity index (χ2v) is 7.93. The van der Waals surface area contributed by atoms with Gasteiger partial charge in [0.05, 0.1) is 25.3 Å². The number of ether oxygens (including phenoxy) is 1. The highest BCUT2D eigenvalue weighted by Crippen LogP contribution is 2.25. The first-order valence-electron chi connectivity index (χ1n) is 8.94. The Morgan fingerprint density at radius 2 is 1.93 bits per heavy atom. The zero-order valence-electron chi connectivity index (χ0n) is 15.0. The topological polar surface area (TPSA) is 55.6 Å². The summed E-state index contributed by atoms with van der Waals surface area (Å²) in [5.41, 5.74) is 2.50. The summed E-state index contributed by atoms with van der Waals surface area (Å²) in [6.45, 7) is 1.62. The molecule has 1 fully saturated rings. The SMILES string of the molecule is O=C(Cc1coc(-c2ccc(Cl)cc2)n1)N1CCOC(c2ccc(Br)cc2)C1. The molecule has 28 heavy (non-hydrogen) atoms. The number of hydrogen-bond donors (Lipinski definition) is 0. The lowest BCUT2D eigenvalue weighted by Crippen LogP contribution is -2.43. The second-order valence-electron chi connectivity index (χ2n) is 6.58. The van der Waals surface area contributed by atoms with Crippen molar-refractivity contribution in [2.45, 2.75) is 12.5 Å². The maximum Gasteiger partial charge on any atom is 0.228 e. The van der Waals surface area contributed by atoms with Crippen LogP contribution in [0, 0.1) is 0 Å². The van der Waals surface area contributed by atoms with Crippen LogP contribution in [0.5, 0.6) is 0 Å². The predicted molar refractivity (Wildman–Crippen MR) is 110 cm³/mol. The van der Waals surface area contributed by atoms with Crippen LogP contribution in [0.1, 0.15) is 17.4 Å². The van der Waals surface area contributed by atoms with Crippen molar-refractivity contribution in [3.63, 3.8) is 0 Å². The zero-order valence-corrected chi connectivity index (χ0v) is 17.3. The van der Waals surface area contributed by atoms with Crippen LogP contribution in [0.4, 0.5) is 0 Å². The minimum atomic E-state index is -0.118. The summed E-state index contributed by atoms with van der Waals surface area (Å²) in [6.07, 6.45) is 1.62. The molecule has 2 aromatic carbocycles. The van der Waals surface area contributed by atoms with Gasteiger partial charge in [-0.05, 0) is 42.0 Å². The van der Waals surface area contributed by atoms with E-state index in [-0.39, 0.29) is 18.4 Å². The number of carbonyl (C=O) groups is 1. The van der Waals surface area contributed by atoms with E-state index < -0.39 is 0 Å². The van der Waals surface area contributed by atoms with Crippen molar-refractivity contribution < 1.29 is 13.9 Å². The Morgan fingerprint density at radius 3 is 2.68 bits per heavy atom. The van der Waals surface area contributed by atoms with Gasteiger partial charge in [-0.3, -0.25) is 4.79 Å². The Bertz CT molecular complexity index is 957. The number of halogens is 2. The molecule has 144 valence electrons. The Balaban J connectivity index is 1.40. The third-order valence-electron chi connectivity index (χ3n) is 4.64. The number of carbonyl (C=O) groups excluding carboxylic acids is 1. The van der Waals surface area contributed by atoms with Gasteiger partial charge in [0, 0.05) is 21.6 Å². The smallest absolute Gasteiger partial charge is 0.228 e. The fourth-order valence-electron chi connectivity index (χ4n) is 3.13. The van der Waals surface area contributed by atoms with Crippen molar-refractivity contribution in [1.82, 2.24) is 9.88 Å². The molecule has 0 bridgehead atoms. The van der Waals surface area contributed by atoms with Gasteiger partial charge in [0.2, 0.25) is 11.8 Å². The largest absolute Gasteiger partial charge is 0.444 e. The van der Waals surface area contributed by atoms with Gasteiger partial charge in [-0.25, -0.2) is 4.98 Å². The van der Waals surface area contributed by atoms with E-state index in [1.807, 2.05) is 41.3 Å². The van der Waals surface area contributed by atoms with E-state index in [0.29, 0.717) is 36.3 Å². The lowest BCUT2D eigenvalue weighted by atomic mass is 10.1. The molecule has 1 saturated heterocycles. The highest BCUT2D eigenvalue weighted by molar-refractivity contribution is 9.10. The number of hydrogen-bond acceptors (Lipinski definition) is 4. The molecule has 0 spiro atoms. The van der Waals surface area contributed by atoms with Crippen LogP contribution < -0.4 is 0 Å². The van der Waals surface area contributed by atoms with Crippen LogP contribution in [0.25, 0.3) is 11.5 Å². The molecule has 1 aromatic heterocycles. The second kappa shape index (κ2) is 8.47. The summed E-state index contributed by atoms with van der Waals surface area (Å²) < 4.78 is 12.4. The number of aromatic nitrogens is 1. The van der Waals surface area contributed by atoms with Crippen LogP contribution in [0.3, 0.4) is 0 Å². The number of amides is 1. The summed E-state index contributed by atoms with van der Waals surface area (Å²) in [6, 6.07) is 15.2. The molecule has 0 radical (unpaired) electrons. The van der Waals surface area contributed by atoms with Gasteiger partial charge in [0.25, 0.3) is 0 Å². The lowest BCUT2D eigenvalue weighted by molar-refractivity contribution is -0.138. The third kappa shape index (κ3) is 4.46. The van der Waals surface area contributed by atoms with Crippen LogP contribution >= 0.6 is 27.5 Å². The summed E-state index contributed by atoms with van der Waals surface area (Å²) >= 11 is 9.35. The molecule has 0 N–H and O–H groups in total. The molecule has 5 nitrogen and oxygen atoms in total. The molecular formula is C21H18BrClN2O3. The molecule has 1 aliphatic rings. The van der Waals surface area contributed by atoms with Crippen molar-refractivity contribution in [3.8, 4) is 11.5 Å². The van der Waals surface area contributed by atoms with E-state index in [1.165, 1.54) is 6.26 Å². The van der Waals surface area contributed by atoms with Crippen LogP contribution in [0.2, 0.25) is 5.02 Å². The fraction of sp³-hybridized carbons (Fsp3) is 0.238. The van der Waals surface area contributed by atoms with Gasteiger partial charge in [0.15, 0.2) is 0 Å². The van der Waals surface area contributed by atoms with E-state index in [4.69, 9.17) is 20.8 Å². The van der Waals surface area contributed by atoms with E-state index in [0.717, 1.165) is 15.6 Å². The normalized spacial score (nSPS) is 16.9. The Kier molecular flexibility index (Phi) is 5.80. The fourth-order valence-corrected chi connectivity index (χ4v) is 3.53. The standard InChI is InChI=1S/C21H18BrClN2O3/c22-16-5-1-14(2-6-16)19-12-25(9-10-27-19)20(26)11-18-13-28-21(24-18)15-3-7-17(23)8-4-15/h1-8,13,19H,9-12H2. The van der Waals surface area contributed by atoms with Gasteiger partial charge >= 0.3 is 0 Å². The summed E-state index contributed by atoms with van der Waals surface area (Å²) in [5, 5.41) is 0.651. The quantitative estimate of drug-likeness (QED) is 0.554. The van der Waals surface area contributed by atoms with Crippen LogP contribution in [-0.2, 0) is 16.0 Å². The average Bonchev–Trinajstić information content (AvgIpc) is 3.17. The van der Waals surface area contributed by atoms with Crippen molar-refractivity contribution in [3.05, 3.63) is 75.5 Å². The molecule has 7 heteroatoms. The molecule has 0 saturated carbocycles. The minimum absolute atomic E-state index is 0.0152. The number of benzene rings is 2. The highest BCUT2D eigenvalue weighted by atomic mass is 79.9. The average molecular weight is 462 g/mol. The minimum Gasteiger partial charge on any atom is -0.444 e. The van der Waals surface area contributed by atoms with Crippen molar-refractivity contribution in [2.75, 3.05) is 19.7 Å². The molecule has 1 aliphatic heterocycles. The Hall–Kier alpha value is -2.15. The maximum atomic E-state index is 12.8. The number of rotatable bonds is 4. The molecule has 1 unspecified atom stereocenters. The summed E-state index contributed by atoms with van der Waals surface area (Å²) in [5.74, 6) is 0.496. The number of nitrogens with zero attached hydrogens (tertiary/aromatic N) is 2. The zero-order chi connectivity index (χ0) is 19.5. The van der Waals surface area contributed by atoms with Crippen molar-refractivity contribution in [1.29, 1.82) is 0 Å². The lowest BCUT2D eigenvalue weighted by Gasteiger charge is -2.33. The molecule has 1 amide bonds. The third-order valence-corrected chi connectivity index (χ3v) is 5.42. The monoisotopic (exact) mass is 460 g/mol. The van der Waals surface area contributed by atoms with Gasteiger partial charge in [-0.1, -0.05) is 39.7 Å². The first-order valence-corrected chi connectivity index (χ1v) is 10.1. The van der Waals surface area contributed by atoms with Crippen LogP contribution in [-0.4, -0.2) is 35.5 Å². The van der Waals surface area contributed by atoms with E-state index >= 15 is 0 Å². The summed E-state index contributed by atoms with van der Waals surface area (Å²) in [7, 11) is 0. The summed E-state index contributed by atoms with van der Waals surface area (Å²) in [4.78, 5) is 19.0. The first kappa shape index (κ1) is 19.2. The van der Waals surface area contributed by atoms with Gasteiger partial charge < -0.3 is 14.1 Å². The molecule has 3 aromatic rings. The predicted octanol–water partition coefficient (Wildman–Crippen LogP) is 4.90. The Morgan fingerprint density at radius 1 is 1.18 bits per heavy atom. The van der Waals surface area contributed by atoms with Gasteiger partial charge in [-0.15, -0.1) is 0 Å². The molecule has 0 aliphatic carbocycles. The van der Waals surface area contributed by atoms with E-state index in [2.05, 4.69) is 20.9 Å². The molecule has 1 atom stereocenters.